The van der Waals surface area contributed by atoms with Gasteiger partial charge in [0.15, 0.2) is 0 Å². The van der Waals surface area contributed by atoms with Gasteiger partial charge in [-0.25, -0.2) is 4.98 Å². The summed E-state index contributed by atoms with van der Waals surface area (Å²) in [6.45, 7) is 5.35. The number of unbranched alkanes of at least 4 members (excludes halogenated alkanes) is 1. The quantitative estimate of drug-likeness (QED) is 0.299. The topological polar surface area (TPSA) is 78.7 Å². The van der Waals surface area contributed by atoms with Gasteiger partial charge in [0.25, 0.3) is 0 Å². The minimum absolute atomic E-state index is 0.0694. The fourth-order valence-electron chi connectivity index (χ4n) is 5.83. The highest BCUT2D eigenvalue weighted by Crippen LogP contribution is 2.36. The van der Waals surface area contributed by atoms with Crippen LogP contribution in [0.5, 0.6) is 0 Å². The minimum Gasteiger partial charge on any atom is -0.393 e. The molecule has 10 heteroatoms. The van der Waals surface area contributed by atoms with E-state index in [1.54, 1.807) is 0 Å². The zero-order valence-corrected chi connectivity index (χ0v) is 23.4. The standard InChI is InChI=1S/C30H42F2N6O2/c1-2-3-12-33-30-34-19-26-27(21-38(28(26)35-30)24-8-10-25(39)11-9-24)23-6-4-22(5-7-23)20-37-15-13-36(14-16-37)17-18-40-29(31)32/h4-7,19,21,24-25,29,39H,2-3,8-18,20H2,1H3,(H,33,34,35). The van der Waals surface area contributed by atoms with Gasteiger partial charge in [-0.1, -0.05) is 37.6 Å². The average molecular weight is 557 g/mol. The van der Waals surface area contributed by atoms with Crippen LogP contribution in [0.15, 0.2) is 36.7 Å². The van der Waals surface area contributed by atoms with E-state index >= 15 is 0 Å². The highest BCUT2D eigenvalue weighted by molar-refractivity contribution is 5.94. The molecule has 218 valence electrons. The Balaban J connectivity index is 1.28. The molecule has 2 aliphatic rings. The summed E-state index contributed by atoms with van der Waals surface area (Å²) in [6, 6.07) is 9.08. The molecule has 8 nitrogen and oxygen atoms in total. The molecule has 0 spiro atoms. The van der Waals surface area contributed by atoms with Gasteiger partial charge in [-0.2, -0.15) is 13.8 Å². The molecule has 2 fully saturated rings. The van der Waals surface area contributed by atoms with Crippen LogP contribution in [0.3, 0.4) is 0 Å². The largest absolute Gasteiger partial charge is 0.393 e. The second-order valence-corrected chi connectivity index (χ2v) is 11.1. The van der Waals surface area contributed by atoms with Gasteiger partial charge in [-0.05, 0) is 43.2 Å². The first kappa shape index (κ1) is 28.9. The number of aliphatic hydroxyl groups is 1. The first-order valence-electron chi connectivity index (χ1n) is 14.7. The molecule has 3 aromatic rings. The van der Waals surface area contributed by atoms with Crippen molar-refractivity contribution in [2.24, 2.45) is 0 Å². The average Bonchev–Trinajstić information content (AvgIpc) is 3.34. The Morgan fingerprint density at radius 3 is 2.48 bits per heavy atom. The first-order valence-corrected chi connectivity index (χ1v) is 14.7. The van der Waals surface area contributed by atoms with Crippen molar-refractivity contribution in [1.29, 1.82) is 0 Å². The van der Waals surface area contributed by atoms with Crippen LogP contribution in [0.25, 0.3) is 22.2 Å². The number of alkyl halides is 2. The number of piperazine rings is 1. The van der Waals surface area contributed by atoms with Crippen molar-refractivity contribution in [3.05, 3.63) is 42.2 Å². The van der Waals surface area contributed by atoms with E-state index < -0.39 is 6.61 Å². The summed E-state index contributed by atoms with van der Waals surface area (Å²) in [7, 11) is 0. The fourth-order valence-corrected chi connectivity index (χ4v) is 5.83. The predicted molar refractivity (Wildman–Crippen MR) is 154 cm³/mol. The molecule has 1 aliphatic heterocycles. The van der Waals surface area contributed by atoms with Crippen LogP contribution in [-0.4, -0.2) is 88.0 Å². The van der Waals surface area contributed by atoms with Gasteiger partial charge in [0.2, 0.25) is 5.95 Å². The van der Waals surface area contributed by atoms with Crippen LogP contribution >= 0.6 is 0 Å². The first-order chi connectivity index (χ1) is 19.5. The van der Waals surface area contributed by atoms with Gasteiger partial charge in [-0.15, -0.1) is 0 Å². The maximum Gasteiger partial charge on any atom is 0.345 e. The fraction of sp³-hybridized carbons (Fsp3) is 0.600. The van der Waals surface area contributed by atoms with Crippen LogP contribution in [0.1, 0.15) is 57.1 Å². The number of fused-ring (bicyclic) bond motifs is 1. The maximum atomic E-state index is 12.2. The van der Waals surface area contributed by atoms with Gasteiger partial charge in [-0.3, -0.25) is 9.80 Å². The molecule has 2 aromatic heterocycles. The molecule has 1 saturated heterocycles. The summed E-state index contributed by atoms with van der Waals surface area (Å²) in [5.41, 5.74) is 4.48. The Bertz CT molecular complexity index is 1200. The zero-order chi connectivity index (χ0) is 27.9. The second-order valence-electron chi connectivity index (χ2n) is 11.1. The van der Waals surface area contributed by atoms with Gasteiger partial charge in [0.05, 0.1) is 12.7 Å². The van der Waals surface area contributed by atoms with Crippen molar-refractivity contribution in [2.75, 3.05) is 51.2 Å². The minimum atomic E-state index is -2.69. The highest BCUT2D eigenvalue weighted by atomic mass is 19.3. The Labute approximate surface area is 235 Å². The molecule has 5 rings (SSSR count). The number of anilines is 1. The number of aromatic nitrogens is 3. The van der Waals surface area contributed by atoms with Gasteiger partial charge < -0.3 is 19.7 Å². The van der Waals surface area contributed by atoms with Crippen molar-refractivity contribution in [2.45, 2.75) is 70.8 Å². The monoisotopic (exact) mass is 556 g/mol. The number of ether oxygens (including phenoxy) is 1. The van der Waals surface area contributed by atoms with E-state index in [1.807, 2.05) is 6.20 Å². The number of benzene rings is 1. The van der Waals surface area contributed by atoms with Crippen LogP contribution in [0.4, 0.5) is 14.7 Å². The Morgan fingerprint density at radius 2 is 1.77 bits per heavy atom. The number of hydrogen-bond donors (Lipinski definition) is 2. The number of halogens is 2. The molecule has 2 N–H and O–H groups in total. The van der Waals surface area contributed by atoms with Crippen molar-refractivity contribution in [3.63, 3.8) is 0 Å². The third-order valence-corrected chi connectivity index (χ3v) is 8.23. The van der Waals surface area contributed by atoms with Crippen molar-refractivity contribution in [3.8, 4) is 11.1 Å². The van der Waals surface area contributed by atoms with Gasteiger partial charge in [0, 0.05) is 75.2 Å². The summed E-state index contributed by atoms with van der Waals surface area (Å²) >= 11 is 0. The lowest BCUT2D eigenvalue weighted by molar-refractivity contribution is -0.132. The molecule has 1 saturated carbocycles. The van der Waals surface area contributed by atoms with Gasteiger partial charge in [0.1, 0.15) is 5.65 Å². The van der Waals surface area contributed by atoms with Gasteiger partial charge >= 0.3 is 6.61 Å². The van der Waals surface area contributed by atoms with Crippen molar-refractivity contribution >= 4 is 17.0 Å². The van der Waals surface area contributed by atoms with E-state index in [4.69, 9.17) is 4.98 Å². The molecular formula is C30H42F2N6O2. The molecule has 3 heterocycles. The summed E-state index contributed by atoms with van der Waals surface area (Å²) in [5.74, 6) is 0.666. The summed E-state index contributed by atoms with van der Waals surface area (Å²) < 4.78 is 31.1. The third-order valence-electron chi connectivity index (χ3n) is 8.23. The van der Waals surface area contributed by atoms with Crippen LogP contribution in [0.2, 0.25) is 0 Å². The van der Waals surface area contributed by atoms with Crippen LogP contribution < -0.4 is 5.32 Å². The highest BCUT2D eigenvalue weighted by Gasteiger charge is 2.24. The van der Waals surface area contributed by atoms with Crippen molar-refractivity contribution in [1.82, 2.24) is 24.3 Å². The van der Waals surface area contributed by atoms with E-state index in [9.17, 15) is 13.9 Å². The summed E-state index contributed by atoms with van der Waals surface area (Å²) in [4.78, 5) is 14.2. The summed E-state index contributed by atoms with van der Waals surface area (Å²) in [6.07, 6.45) is 9.68. The molecule has 0 radical (unpaired) electrons. The zero-order valence-electron chi connectivity index (χ0n) is 23.4. The number of aliphatic hydroxyl groups excluding tert-OH is 1. The molecule has 0 unspecified atom stereocenters. The molecule has 0 amide bonds. The van der Waals surface area contributed by atoms with E-state index in [0.29, 0.717) is 18.5 Å². The van der Waals surface area contributed by atoms with E-state index in [0.717, 1.165) is 100.0 Å². The number of nitrogens with zero attached hydrogens (tertiary/aromatic N) is 5. The molecule has 0 bridgehead atoms. The predicted octanol–water partition coefficient (Wildman–Crippen LogP) is 5.14. The Kier molecular flexibility index (Phi) is 9.96. The van der Waals surface area contributed by atoms with Crippen LogP contribution in [-0.2, 0) is 11.3 Å². The third kappa shape index (κ3) is 7.34. The molecule has 1 aromatic carbocycles. The second kappa shape index (κ2) is 13.8. The Morgan fingerprint density at radius 1 is 1.05 bits per heavy atom. The van der Waals surface area contributed by atoms with E-state index in [-0.39, 0.29) is 12.7 Å². The lowest BCUT2D eigenvalue weighted by atomic mass is 9.93. The number of nitrogens with one attached hydrogen (secondary N) is 1. The number of rotatable bonds is 12. The SMILES string of the molecule is CCCCNc1ncc2c(-c3ccc(CN4CCN(CCOC(F)F)CC4)cc3)cn(C3CCC(O)CC3)c2n1. The Hall–Kier alpha value is -2.66. The molecular weight excluding hydrogens is 514 g/mol. The summed E-state index contributed by atoms with van der Waals surface area (Å²) in [5, 5.41) is 14.5. The normalized spacial score (nSPS) is 20.9. The van der Waals surface area contributed by atoms with E-state index in [1.165, 1.54) is 5.56 Å². The van der Waals surface area contributed by atoms with E-state index in [2.05, 4.69) is 66.8 Å². The number of hydrogen-bond acceptors (Lipinski definition) is 7. The molecule has 0 atom stereocenters. The van der Waals surface area contributed by atoms with Crippen molar-refractivity contribution < 1.29 is 18.6 Å². The van der Waals surface area contributed by atoms with Crippen LogP contribution in [0, 0.1) is 0 Å². The molecule has 1 aliphatic carbocycles. The molecule has 40 heavy (non-hydrogen) atoms. The lowest BCUT2D eigenvalue weighted by Crippen LogP contribution is -2.46. The smallest absolute Gasteiger partial charge is 0.345 e. The lowest BCUT2D eigenvalue weighted by Gasteiger charge is -2.34. The maximum absolute atomic E-state index is 12.2.